The number of nitrogens with one attached hydrogen (secondary N) is 1. The van der Waals surface area contributed by atoms with Gasteiger partial charge in [-0.15, -0.1) is 0 Å². The summed E-state index contributed by atoms with van der Waals surface area (Å²) in [5, 5.41) is 13.0. The number of pyridine rings is 1. The predicted octanol–water partition coefficient (Wildman–Crippen LogP) is 5.99. The number of halogens is 1. The molecule has 194 valence electrons. The van der Waals surface area contributed by atoms with Crippen LogP contribution < -0.4 is 10.1 Å². The fourth-order valence-corrected chi connectivity index (χ4v) is 5.28. The maximum atomic E-state index is 13.3. The number of anilines is 1. The van der Waals surface area contributed by atoms with Crippen LogP contribution in [0.4, 0.5) is 10.1 Å². The van der Waals surface area contributed by atoms with E-state index in [1.807, 2.05) is 45.0 Å². The minimum Gasteiger partial charge on any atom is -0.436 e. The van der Waals surface area contributed by atoms with Crippen LogP contribution in [-0.4, -0.2) is 31.2 Å². The second-order valence-corrected chi connectivity index (χ2v) is 10.3. The van der Waals surface area contributed by atoms with Crippen LogP contribution in [0.5, 0.6) is 11.6 Å². The second kappa shape index (κ2) is 10.9. The summed E-state index contributed by atoms with van der Waals surface area (Å²) in [6, 6.07) is 13.6. The van der Waals surface area contributed by atoms with E-state index in [1.165, 1.54) is 36.0 Å². The van der Waals surface area contributed by atoms with Gasteiger partial charge in [0.1, 0.15) is 10.8 Å². The van der Waals surface area contributed by atoms with Crippen LogP contribution >= 0.6 is 11.8 Å². The number of carbonyl (C=O) groups excluding carboxylic acids is 1. The largest absolute Gasteiger partial charge is 0.436 e. The van der Waals surface area contributed by atoms with Crippen LogP contribution in [0.2, 0.25) is 0 Å². The fourth-order valence-electron chi connectivity index (χ4n) is 4.24. The highest BCUT2D eigenvalue weighted by Crippen LogP contribution is 2.43. The molecular formula is C29H27FN4O3S. The van der Waals surface area contributed by atoms with Crippen molar-refractivity contribution >= 4 is 23.4 Å². The number of ether oxygens (including phenoxy) is 1. The number of hydrogen-bond acceptors (Lipinski definition) is 7. The Morgan fingerprint density at radius 2 is 1.84 bits per heavy atom. The van der Waals surface area contributed by atoms with Gasteiger partial charge in [-0.2, -0.15) is 4.98 Å². The lowest BCUT2D eigenvalue weighted by Gasteiger charge is -2.25. The molecular weight excluding hydrogens is 503 g/mol. The Kier molecular flexibility index (Phi) is 7.40. The molecule has 0 bridgehead atoms. The van der Waals surface area contributed by atoms with Crippen molar-refractivity contribution in [2.75, 3.05) is 5.32 Å². The number of benzene rings is 2. The number of carbonyl (C=O) groups is 1. The molecule has 1 amide bonds. The van der Waals surface area contributed by atoms with E-state index < -0.39 is 5.25 Å². The van der Waals surface area contributed by atoms with E-state index in [1.54, 1.807) is 6.20 Å². The summed E-state index contributed by atoms with van der Waals surface area (Å²) in [5.41, 5.74) is 5.45. The lowest BCUT2D eigenvalue weighted by Crippen LogP contribution is -2.25. The Labute approximate surface area is 224 Å². The van der Waals surface area contributed by atoms with Crippen LogP contribution in [0.25, 0.3) is 11.4 Å². The number of rotatable bonds is 7. The van der Waals surface area contributed by atoms with Crippen molar-refractivity contribution in [2.24, 2.45) is 0 Å². The topological polar surface area (TPSA) is 97.2 Å². The number of aliphatic hydroxyl groups excluding tert-OH is 1. The van der Waals surface area contributed by atoms with Crippen molar-refractivity contribution < 1.29 is 19.0 Å². The molecule has 1 aliphatic heterocycles. The highest BCUT2D eigenvalue weighted by molar-refractivity contribution is 8.00. The standard InChI is InChI=1S/C29H27FN4O3S/c1-4-24(27(36)32-21-11-9-20(30)10-12-21)38-29-23-13-22-19(15-35)14-31-17(3)25(22)37-28(23)33-26(34-29)18-7-5-16(2)6-8-18/h5-12,14,24,35H,4,13,15H2,1-3H3,(H,32,36)/t24-/m0/s1. The number of amides is 1. The van der Waals surface area contributed by atoms with Crippen molar-refractivity contribution in [3.63, 3.8) is 0 Å². The molecule has 5 rings (SSSR count). The van der Waals surface area contributed by atoms with Crippen LogP contribution in [0.1, 0.15) is 41.3 Å². The van der Waals surface area contributed by atoms with Crippen LogP contribution in [0.15, 0.2) is 59.8 Å². The van der Waals surface area contributed by atoms with Crippen LogP contribution in [0, 0.1) is 19.7 Å². The molecule has 0 fully saturated rings. The summed E-state index contributed by atoms with van der Waals surface area (Å²) in [6.07, 6.45) is 2.64. The zero-order chi connectivity index (χ0) is 26.8. The molecule has 7 nitrogen and oxygen atoms in total. The Hall–Kier alpha value is -3.82. The molecule has 2 N–H and O–H groups in total. The van der Waals surface area contributed by atoms with Gasteiger partial charge in [-0.25, -0.2) is 9.37 Å². The van der Waals surface area contributed by atoms with Gasteiger partial charge in [-0.05, 0) is 44.5 Å². The van der Waals surface area contributed by atoms with Crippen molar-refractivity contribution in [1.82, 2.24) is 15.0 Å². The third kappa shape index (κ3) is 5.25. The van der Waals surface area contributed by atoms with E-state index in [4.69, 9.17) is 14.7 Å². The zero-order valence-corrected chi connectivity index (χ0v) is 22.1. The Bertz CT molecular complexity index is 1490. The quantitative estimate of drug-likeness (QED) is 0.197. The molecule has 3 heterocycles. The van der Waals surface area contributed by atoms with Crippen molar-refractivity contribution in [3.8, 4) is 23.0 Å². The number of aromatic nitrogens is 3. The number of hydrogen-bond donors (Lipinski definition) is 2. The number of nitrogens with zero attached hydrogens (tertiary/aromatic N) is 3. The Morgan fingerprint density at radius 3 is 2.53 bits per heavy atom. The molecule has 38 heavy (non-hydrogen) atoms. The molecule has 0 unspecified atom stereocenters. The van der Waals surface area contributed by atoms with E-state index in [2.05, 4.69) is 10.3 Å². The smallest absolute Gasteiger partial charge is 0.237 e. The summed E-state index contributed by atoms with van der Waals surface area (Å²) >= 11 is 1.34. The Morgan fingerprint density at radius 1 is 1.11 bits per heavy atom. The normalized spacial score (nSPS) is 12.8. The van der Waals surface area contributed by atoms with Gasteiger partial charge in [0, 0.05) is 35.0 Å². The van der Waals surface area contributed by atoms with Gasteiger partial charge in [0.2, 0.25) is 11.8 Å². The van der Waals surface area contributed by atoms with Gasteiger partial charge in [0.15, 0.2) is 11.6 Å². The number of thioether (sulfide) groups is 1. The third-order valence-electron chi connectivity index (χ3n) is 6.40. The number of aliphatic hydroxyl groups is 1. The first-order valence-corrected chi connectivity index (χ1v) is 13.2. The first kappa shape index (κ1) is 25.8. The van der Waals surface area contributed by atoms with E-state index in [0.29, 0.717) is 52.3 Å². The summed E-state index contributed by atoms with van der Waals surface area (Å²) in [5.74, 6) is 0.927. The molecule has 0 radical (unpaired) electrons. The van der Waals surface area contributed by atoms with Crippen molar-refractivity contribution in [3.05, 3.63) is 88.5 Å². The molecule has 4 aromatic rings. The van der Waals surface area contributed by atoms with E-state index in [0.717, 1.165) is 22.3 Å². The van der Waals surface area contributed by atoms with E-state index in [9.17, 15) is 14.3 Å². The number of aryl methyl sites for hydroxylation is 2. The molecule has 2 aromatic carbocycles. The number of fused-ring (bicyclic) bond motifs is 2. The molecule has 9 heteroatoms. The summed E-state index contributed by atoms with van der Waals surface area (Å²) < 4.78 is 19.6. The molecule has 0 spiro atoms. The fraction of sp³-hybridized carbons (Fsp3) is 0.241. The second-order valence-electron chi connectivity index (χ2n) is 9.13. The van der Waals surface area contributed by atoms with Crippen LogP contribution in [0.3, 0.4) is 0 Å². The van der Waals surface area contributed by atoms with Crippen molar-refractivity contribution in [2.45, 2.75) is 50.5 Å². The molecule has 0 aliphatic carbocycles. The van der Waals surface area contributed by atoms with Gasteiger partial charge < -0.3 is 15.2 Å². The van der Waals surface area contributed by atoms with Crippen molar-refractivity contribution in [1.29, 1.82) is 0 Å². The lowest BCUT2D eigenvalue weighted by molar-refractivity contribution is -0.115. The molecule has 0 saturated carbocycles. The molecule has 2 aromatic heterocycles. The average Bonchev–Trinajstić information content (AvgIpc) is 2.92. The van der Waals surface area contributed by atoms with E-state index in [-0.39, 0.29) is 18.3 Å². The van der Waals surface area contributed by atoms with Gasteiger partial charge in [-0.1, -0.05) is 48.5 Å². The van der Waals surface area contributed by atoms with Gasteiger partial charge >= 0.3 is 0 Å². The lowest BCUT2D eigenvalue weighted by atomic mass is 9.99. The monoisotopic (exact) mass is 530 g/mol. The molecule has 1 aliphatic rings. The third-order valence-corrected chi connectivity index (χ3v) is 7.79. The first-order valence-electron chi connectivity index (χ1n) is 12.3. The SMILES string of the molecule is CC[C@H](Sc1nc(-c2ccc(C)cc2)nc2c1Cc1c(CO)cnc(C)c1O2)C(=O)Nc1ccc(F)cc1. The summed E-state index contributed by atoms with van der Waals surface area (Å²) in [4.78, 5) is 27.2. The van der Waals surface area contributed by atoms with Crippen LogP contribution in [-0.2, 0) is 17.8 Å². The minimum absolute atomic E-state index is 0.170. The zero-order valence-electron chi connectivity index (χ0n) is 21.3. The predicted molar refractivity (Wildman–Crippen MR) is 145 cm³/mol. The maximum Gasteiger partial charge on any atom is 0.237 e. The van der Waals surface area contributed by atoms with E-state index >= 15 is 0 Å². The molecule has 1 atom stereocenters. The Balaban J connectivity index is 1.54. The highest BCUT2D eigenvalue weighted by Gasteiger charge is 2.30. The average molecular weight is 531 g/mol. The van der Waals surface area contributed by atoms with Gasteiger partial charge in [0.05, 0.1) is 23.1 Å². The minimum atomic E-state index is -0.470. The van der Waals surface area contributed by atoms with Gasteiger partial charge in [-0.3, -0.25) is 9.78 Å². The summed E-state index contributed by atoms with van der Waals surface area (Å²) in [7, 11) is 0. The molecule has 0 saturated heterocycles. The highest BCUT2D eigenvalue weighted by atomic mass is 32.2. The van der Waals surface area contributed by atoms with Gasteiger partial charge in [0.25, 0.3) is 0 Å². The maximum absolute atomic E-state index is 13.3. The summed E-state index contributed by atoms with van der Waals surface area (Å²) in [6.45, 7) is 5.63. The first-order chi connectivity index (χ1) is 18.4.